The van der Waals surface area contributed by atoms with Crippen LogP contribution in [-0.4, -0.2) is 29.1 Å². The van der Waals surface area contributed by atoms with Gasteiger partial charge in [0.25, 0.3) is 5.91 Å². The van der Waals surface area contributed by atoms with Crippen molar-refractivity contribution < 1.29 is 19.1 Å². The Morgan fingerprint density at radius 3 is 2.60 bits per heavy atom. The molecule has 1 aromatic heterocycles. The highest BCUT2D eigenvalue weighted by atomic mass is 16.5. The van der Waals surface area contributed by atoms with Crippen LogP contribution in [0.3, 0.4) is 0 Å². The fourth-order valence-corrected chi connectivity index (χ4v) is 4.26. The second-order valence-electron chi connectivity index (χ2n) is 7.69. The summed E-state index contributed by atoms with van der Waals surface area (Å²) in [5.74, 6) is 0.152. The Hall–Kier alpha value is -3.28. The van der Waals surface area contributed by atoms with Gasteiger partial charge in [-0.1, -0.05) is 19.1 Å². The number of rotatable bonds is 5. The predicted molar refractivity (Wildman–Crippen MR) is 114 cm³/mol. The minimum Gasteiger partial charge on any atom is -0.504 e. The molecule has 1 N–H and O–H groups in total. The van der Waals surface area contributed by atoms with Crippen LogP contribution in [0.25, 0.3) is 11.0 Å². The zero-order chi connectivity index (χ0) is 21.6. The number of amides is 1. The van der Waals surface area contributed by atoms with Crippen molar-refractivity contribution in [1.29, 1.82) is 0 Å². The molecular weight excluding hydrogens is 382 g/mol. The first-order valence-electron chi connectivity index (χ1n) is 10.2. The highest BCUT2D eigenvalue weighted by Crippen LogP contribution is 2.41. The molecule has 0 bridgehead atoms. The highest BCUT2D eigenvalue weighted by molar-refractivity contribution is 5.99. The molecule has 1 unspecified atom stereocenters. The molecule has 0 aliphatic carbocycles. The zero-order valence-corrected chi connectivity index (χ0v) is 17.6. The number of hydrogen-bond donors (Lipinski definition) is 1. The SMILES string of the molecule is CCCN1C(=O)c2oc3c(C)cc(C)cc3c(=O)c2C1c1ccc(O)c(OCC)c1. The number of phenolic OH excluding ortho intramolecular Hbond substituents is 1. The van der Waals surface area contributed by atoms with E-state index in [0.29, 0.717) is 41.0 Å². The van der Waals surface area contributed by atoms with E-state index in [4.69, 9.17) is 9.15 Å². The van der Waals surface area contributed by atoms with Crippen molar-refractivity contribution in [2.75, 3.05) is 13.2 Å². The number of ether oxygens (including phenoxy) is 1. The van der Waals surface area contributed by atoms with Gasteiger partial charge in [-0.05, 0) is 62.1 Å². The number of fused-ring (bicyclic) bond motifs is 2. The van der Waals surface area contributed by atoms with Gasteiger partial charge in [0.2, 0.25) is 5.76 Å². The van der Waals surface area contributed by atoms with Crippen molar-refractivity contribution >= 4 is 16.9 Å². The third kappa shape index (κ3) is 3.03. The maximum atomic E-state index is 13.6. The number of hydrogen-bond acceptors (Lipinski definition) is 5. The van der Waals surface area contributed by atoms with Crippen molar-refractivity contribution in [2.24, 2.45) is 0 Å². The van der Waals surface area contributed by atoms with Crippen LogP contribution in [0, 0.1) is 13.8 Å². The molecule has 1 aliphatic heterocycles. The Kier molecular flexibility index (Phi) is 5.02. The van der Waals surface area contributed by atoms with E-state index in [0.717, 1.165) is 17.5 Å². The first-order valence-corrected chi connectivity index (χ1v) is 10.2. The fourth-order valence-electron chi connectivity index (χ4n) is 4.26. The number of phenols is 1. The summed E-state index contributed by atoms with van der Waals surface area (Å²) < 4.78 is 11.6. The molecule has 2 aromatic carbocycles. The highest BCUT2D eigenvalue weighted by Gasteiger charge is 2.42. The largest absolute Gasteiger partial charge is 0.504 e. The Bertz CT molecular complexity index is 1210. The Morgan fingerprint density at radius 1 is 1.13 bits per heavy atom. The number of carbonyl (C=O) groups excluding carboxylic acids is 1. The van der Waals surface area contributed by atoms with Crippen molar-refractivity contribution in [2.45, 2.75) is 40.2 Å². The quantitative estimate of drug-likeness (QED) is 0.675. The van der Waals surface area contributed by atoms with E-state index in [1.165, 1.54) is 6.07 Å². The molecule has 6 heteroatoms. The lowest BCUT2D eigenvalue weighted by Crippen LogP contribution is -2.30. The fraction of sp³-hybridized carbons (Fsp3) is 0.333. The van der Waals surface area contributed by atoms with Crippen molar-refractivity contribution in [1.82, 2.24) is 4.90 Å². The van der Waals surface area contributed by atoms with E-state index in [2.05, 4.69) is 0 Å². The smallest absolute Gasteiger partial charge is 0.290 e. The van der Waals surface area contributed by atoms with Gasteiger partial charge in [0, 0.05) is 6.54 Å². The summed E-state index contributed by atoms with van der Waals surface area (Å²) in [7, 11) is 0. The van der Waals surface area contributed by atoms with E-state index in [-0.39, 0.29) is 22.8 Å². The number of benzene rings is 2. The summed E-state index contributed by atoms with van der Waals surface area (Å²) in [5, 5.41) is 10.6. The monoisotopic (exact) mass is 407 g/mol. The molecule has 0 radical (unpaired) electrons. The normalized spacial score (nSPS) is 15.7. The van der Waals surface area contributed by atoms with E-state index in [9.17, 15) is 14.7 Å². The first kappa shape index (κ1) is 20.0. The van der Waals surface area contributed by atoms with Crippen LogP contribution in [0.4, 0.5) is 0 Å². The third-order valence-corrected chi connectivity index (χ3v) is 5.46. The van der Waals surface area contributed by atoms with Gasteiger partial charge in [-0.25, -0.2) is 0 Å². The Morgan fingerprint density at radius 2 is 1.90 bits per heavy atom. The van der Waals surface area contributed by atoms with Crippen LogP contribution < -0.4 is 10.2 Å². The molecule has 3 aromatic rings. The summed E-state index contributed by atoms with van der Waals surface area (Å²) in [6, 6.07) is 8.10. The van der Waals surface area contributed by atoms with Gasteiger partial charge >= 0.3 is 0 Å². The molecule has 1 amide bonds. The third-order valence-electron chi connectivity index (χ3n) is 5.46. The number of nitrogens with zero attached hydrogens (tertiary/aromatic N) is 1. The topological polar surface area (TPSA) is 80.0 Å². The van der Waals surface area contributed by atoms with Crippen molar-refractivity contribution in [3.05, 3.63) is 68.6 Å². The van der Waals surface area contributed by atoms with Crippen molar-refractivity contribution in [3.63, 3.8) is 0 Å². The van der Waals surface area contributed by atoms with Gasteiger partial charge in [-0.2, -0.15) is 0 Å². The van der Waals surface area contributed by atoms with Crippen LogP contribution in [0.5, 0.6) is 11.5 Å². The van der Waals surface area contributed by atoms with E-state index in [1.54, 1.807) is 23.1 Å². The molecular formula is C24H25NO5. The van der Waals surface area contributed by atoms with Crippen LogP contribution in [0.15, 0.2) is 39.5 Å². The molecule has 0 spiro atoms. The van der Waals surface area contributed by atoms with E-state index >= 15 is 0 Å². The summed E-state index contributed by atoms with van der Waals surface area (Å²) in [6.45, 7) is 8.48. The molecule has 4 rings (SSSR count). The van der Waals surface area contributed by atoms with Gasteiger partial charge in [0.15, 0.2) is 16.9 Å². The number of aromatic hydroxyl groups is 1. The lowest BCUT2D eigenvalue weighted by atomic mass is 9.97. The summed E-state index contributed by atoms with van der Waals surface area (Å²) in [4.78, 5) is 28.5. The molecule has 2 heterocycles. The number of carbonyl (C=O) groups is 1. The van der Waals surface area contributed by atoms with Gasteiger partial charge in [0.05, 0.1) is 23.6 Å². The molecule has 0 saturated heterocycles. The first-order chi connectivity index (χ1) is 14.4. The van der Waals surface area contributed by atoms with Crippen LogP contribution in [0.2, 0.25) is 0 Å². The average Bonchev–Trinajstić information content (AvgIpc) is 2.98. The minimum atomic E-state index is -0.589. The van der Waals surface area contributed by atoms with E-state index in [1.807, 2.05) is 33.8 Å². The summed E-state index contributed by atoms with van der Waals surface area (Å²) in [5.41, 5.74) is 3.09. The van der Waals surface area contributed by atoms with Crippen molar-refractivity contribution in [3.8, 4) is 11.5 Å². The maximum absolute atomic E-state index is 13.6. The molecule has 156 valence electrons. The second kappa shape index (κ2) is 7.52. The van der Waals surface area contributed by atoms with E-state index < -0.39 is 6.04 Å². The van der Waals surface area contributed by atoms with Crippen LogP contribution in [0.1, 0.15) is 59.1 Å². The molecule has 1 aliphatic rings. The average molecular weight is 407 g/mol. The molecule has 0 fully saturated rings. The lowest BCUT2D eigenvalue weighted by Gasteiger charge is -2.25. The molecule has 1 atom stereocenters. The predicted octanol–water partition coefficient (Wildman–Crippen LogP) is 4.47. The lowest BCUT2D eigenvalue weighted by molar-refractivity contribution is 0.0728. The van der Waals surface area contributed by atoms with Gasteiger partial charge in [-0.15, -0.1) is 0 Å². The Balaban J connectivity index is 2.00. The number of aryl methyl sites for hydroxylation is 2. The van der Waals surface area contributed by atoms with Gasteiger partial charge in [-0.3, -0.25) is 9.59 Å². The molecule has 0 saturated carbocycles. The minimum absolute atomic E-state index is 0.0176. The second-order valence-corrected chi connectivity index (χ2v) is 7.69. The zero-order valence-electron chi connectivity index (χ0n) is 17.6. The summed E-state index contributed by atoms with van der Waals surface area (Å²) >= 11 is 0. The Labute approximate surface area is 174 Å². The van der Waals surface area contributed by atoms with Gasteiger partial charge in [0.1, 0.15) is 5.58 Å². The molecule has 6 nitrogen and oxygen atoms in total. The summed E-state index contributed by atoms with van der Waals surface area (Å²) in [6.07, 6.45) is 0.735. The van der Waals surface area contributed by atoms with Gasteiger partial charge < -0.3 is 19.2 Å². The van der Waals surface area contributed by atoms with Crippen LogP contribution >= 0.6 is 0 Å². The molecule has 30 heavy (non-hydrogen) atoms. The van der Waals surface area contributed by atoms with Crippen LogP contribution in [-0.2, 0) is 0 Å². The maximum Gasteiger partial charge on any atom is 0.290 e. The standard InChI is InChI=1S/C24H25NO5/c1-5-9-25-20(15-7-8-17(26)18(12-15)29-6-2)19-21(27)16-11-13(3)10-14(4)22(16)30-23(19)24(25)28/h7-8,10-12,20,26H,5-6,9H2,1-4H3.